The Balaban J connectivity index is 1.43. The van der Waals surface area contributed by atoms with Crippen molar-refractivity contribution in [3.8, 4) is 6.07 Å². The van der Waals surface area contributed by atoms with Gasteiger partial charge in [0.05, 0.1) is 23.2 Å². The summed E-state index contributed by atoms with van der Waals surface area (Å²) in [5.41, 5.74) is 3.24. The number of aliphatic imine (C=N–C) groups is 1. The zero-order valence-corrected chi connectivity index (χ0v) is 20.5. The zero-order valence-electron chi connectivity index (χ0n) is 20.5. The van der Waals surface area contributed by atoms with Crippen molar-refractivity contribution in [2.45, 2.75) is 70.1 Å². The summed E-state index contributed by atoms with van der Waals surface area (Å²) in [6.45, 7) is 5.27. The number of nitriles is 1. The standard InChI is InChI=1S/C29H28F3N3O/c1-4-23-24(26-28(3,35-26)27(34-23)29(30,31)32)22-14-21(8-5-16(22)2)25(36)20-12-11-19(13-20)18-9-6-17(15-33)7-10-18/h5-10,14,19-20,26,35H,4,11-13H2,1-3H3. The lowest BCUT2D eigenvalue weighted by Crippen LogP contribution is -2.40. The Hall–Kier alpha value is -3.24. The van der Waals surface area contributed by atoms with Crippen molar-refractivity contribution in [2.75, 3.05) is 0 Å². The Morgan fingerprint density at radius 3 is 2.56 bits per heavy atom. The number of Topliss-reactive ketones (excluding diaryl/α,β-unsaturated/α-hetero) is 1. The maximum atomic E-state index is 13.7. The van der Waals surface area contributed by atoms with Gasteiger partial charge in [-0.2, -0.15) is 18.4 Å². The minimum Gasteiger partial charge on any atom is -0.296 e. The number of alkyl halides is 3. The lowest BCUT2D eigenvalue weighted by Gasteiger charge is -2.24. The van der Waals surface area contributed by atoms with Crippen LogP contribution in [0, 0.1) is 24.2 Å². The Morgan fingerprint density at radius 1 is 1.19 bits per heavy atom. The van der Waals surface area contributed by atoms with Crippen LogP contribution < -0.4 is 5.32 Å². The van der Waals surface area contributed by atoms with E-state index in [2.05, 4.69) is 16.4 Å². The highest BCUT2D eigenvalue weighted by Gasteiger charge is 2.64. The molecular formula is C29H28F3N3O. The molecule has 1 saturated heterocycles. The highest BCUT2D eigenvalue weighted by molar-refractivity contribution is 6.08. The Labute approximate surface area is 208 Å². The van der Waals surface area contributed by atoms with Crippen LogP contribution in [-0.2, 0) is 0 Å². The van der Waals surface area contributed by atoms with Gasteiger partial charge in [0.25, 0.3) is 0 Å². The predicted molar refractivity (Wildman–Crippen MR) is 133 cm³/mol. The average molecular weight is 492 g/mol. The summed E-state index contributed by atoms with van der Waals surface area (Å²) in [4.78, 5) is 17.6. The number of halogens is 3. The first-order chi connectivity index (χ1) is 17.1. The molecule has 4 nitrogen and oxygen atoms in total. The van der Waals surface area contributed by atoms with E-state index in [1.165, 1.54) is 0 Å². The second-order valence-corrected chi connectivity index (χ2v) is 10.3. The molecule has 0 radical (unpaired) electrons. The predicted octanol–water partition coefficient (Wildman–Crippen LogP) is 6.50. The van der Waals surface area contributed by atoms with E-state index in [1.54, 1.807) is 6.92 Å². The number of benzene rings is 2. The van der Waals surface area contributed by atoms with Crippen LogP contribution in [0.2, 0.25) is 0 Å². The number of nitrogens with one attached hydrogen (secondary N) is 1. The van der Waals surface area contributed by atoms with Crippen molar-refractivity contribution in [3.63, 3.8) is 0 Å². The van der Waals surface area contributed by atoms with E-state index < -0.39 is 23.5 Å². The van der Waals surface area contributed by atoms with Crippen molar-refractivity contribution < 1.29 is 18.0 Å². The first-order valence-electron chi connectivity index (χ1n) is 12.4. The topological polar surface area (TPSA) is 75.2 Å². The van der Waals surface area contributed by atoms with E-state index in [0.29, 0.717) is 23.2 Å². The van der Waals surface area contributed by atoms with E-state index in [-0.39, 0.29) is 17.6 Å². The molecule has 2 aromatic rings. The van der Waals surface area contributed by atoms with Crippen molar-refractivity contribution in [1.29, 1.82) is 5.26 Å². The number of aryl methyl sites for hydroxylation is 1. The summed E-state index contributed by atoms with van der Waals surface area (Å²) >= 11 is 0. The number of allylic oxidation sites excluding steroid dienone is 1. The summed E-state index contributed by atoms with van der Waals surface area (Å²) in [7, 11) is 0. The minimum atomic E-state index is -4.50. The van der Waals surface area contributed by atoms with E-state index in [0.717, 1.165) is 41.5 Å². The van der Waals surface area contributed by atoms with E-state index in [9.17, 15) is 18.0 Å². The second kappa shape index (κ2) is 8.70. The monoisotopic (exact) mass is 491 g/mol. The third kappa shape index (κ3) is 4.08. The molecule has 4 unspecified atom stereocenters. The number of carbonyl (C=O) groups is 1. The van der Waals surface area contributed by atoms with Gasteiger partial charge in [0.1, 0.15) is 5.71 Å². The van der Waals surface area contributed by atoms with Crippen LogP contribution in [0.3, 0.4) is 0 Å². The van der Waals surface area contributed by atoms with Crippen molar-refractivity contribution in [2.24, 2.45) is 10.9 Å². The summed E-state index contributed by atoms with van der Waals surface area (Å²) in [5, 5.41) is 12.1. The molecule has 5 rings (SSSR count). The molecule has 2 fully saturated rings. The molecular weight excluding hydrogens is 463 g/mol. The molecule has 4 atom stereocenters. The molecule has 0 aromatic heterocycles. The van der Waals surface area contributed by atoms with Gasteiger partial charge in [-0.1, -0.05) is 31.2 Å². The van der Waals surface area contributed by atoms with Gasteiger partial charge in [-0.05, 0) is 80.3 Å². The highest BCUT2D eigenvalue weighted by atomic mass is 19.4. The fraction of sp³-hybridized carbons (Fsp3) is 0.414. The fourth-order valence-electron chi connectivity index (χ4n) is 5.89. The van der Waals surface area contributed by atoms with Crippen LogP contribution in [0.25, 0.3) is 5.57 Å². The quantitative estimate of drug-likeness (QED) is 0.383. The number of hydrogen-bond acceptors (Lipinski definition) is 4. The SMILES string of the molecule is CCC1=C(c2cc(C(=O)C3CCC(c4ccc(C#N)cc4)C3)ccc2C)C2NC2(C)C(C(F)(F)F)=N1. The highest BCUT2D eigenvalue weighted by Crippen LogP contribution is 2.49. The van der Waals surface area contributed by atoms with Gasteiger partial charge in [-0.3, -0.25) is 15.1 Å². The maximum absolute atomic E-state index is 13.7. The molecule has 36 heavy (non-hydrogen) atoms. The van der Waals surface area contributed by atoms with E-state index >= 15 is 0 Å². The average Bonchev–Trinajstić information content (AvgIpc) is 3.31. The number of ketones is 1. The number of hydrogen-bond donors (Lipinski definition) is 1. The Bertz CT molecular complexity index is 1330. The van der Waals surface area contributed by atoms with Crippen LogP contribution in [-0.4, -0.2) is 29.3 Å². The second-order valence-electron chi connectivity index (χ2n) is 10.3. The van der Waals surface area contributed by atoms with Crippen LogP contribution in [0.1, 0.15) is 78.1 Å². The molecule has 2 heterocycles. The van der Waals surface area contributed by atoms with Gasteiger partial charge in [-0.15, -0.1) is 0 Å². The van der Waals surface area contributed by atoms with Gasteiger partial charge in [0, 0.05) is 22.8 Å². The van der Waals surface area contributed by atoms with Crippen LogP contribution in [0.15, 0.2) is 53.2 Å². The molecule has 1 N–H and O–H groups in total. The molecule has 1 aliphatic carbocycles. The summed E-state index contributed by atoms with van der Waals surface area (Å²) in [6.07, 6.45) is -1.68. The van der Waals surface area contributed by atoms with Crippen LogP contribution in [0.5, 0.6) is 0 Å². The normalized spacial score (nSPS) is 27.4. The zero-order chi connectivity index (χ0) is 25.8. The third-order valence-electron chi connectivity index (χ3n) is 8.01. The van der Waals surface area contributed by atoms with E-state index in [4.69, 9.17) is 5.26 Å². The smallest absolute Gasteiger partial charge is 0.296 e. The molecule has 2 aliphatic heterocycles. The number of rotatable bonds is 5. The van der Waals surface area contributed by atoms with Crippen molar-refractivity contribution >= 4 is 17.1 Å². The lowest BCUT2D eigenvalue weighted by atomic mass is 9.84. The number of nitrogens with zero attached hydrogens (tertiary/aromatic N) is 2. The maximum Gasteiger partial charge on any atom is 0.431 e. The molecule has 0 amide bonds. The van der Waals surface area contributed by atoms with Gasteiger partial charge < -0.3 is 0 Å². The molecule has 2 aromatic carbocycles. The first-order valence-corrected chi connectivity index (χ1v) is 12.4. The van der Waals surface area contributed by atoms with Gasteiger partial charge in [0.2, 0.25) is 0 Å². The third-order valence-corrected chi connectivity index (χ3v) is 8.01. The Morgan fingerprint density at radius 2 is 1.92 bits per heavy atom. The molecule has 3 aliphatic rings. The number of fused-ring (bicyclic) bond motifs is 1. The lowest BCUT2D eigenvalue weighted by molar-refractivity contribution is -0.0618. The van der Waals surface area contributed by atoms with Crippen molar-refractivity contribution in [1.82, 2.24) is 5.32 Å². The van der Waals surface area contributed by atoms with Gasteiger partial charge in [-0.25, -0.2) is 0 Å². The fourth-order valence-corrected chi connectivity index (χ4v) is 5.89. The summed E-state index contributed by atoms with van der Waals surface area (Å²) in [6, 6.07) is 14.8. The molecule has 0 bridgehead atoms. The molecule has 186 valence electrons. The van der Waals surface area contributed by atoms with Crippen molar-refractivity contribution in [3.05, 3.63) is 76.0 Å². The Kier molecular flexibility index (Phi) is 5.91. The van der Waals surface area contributed by atoms with Gasteiger partial charge in [0.15, 0.2) is 5.78 Å². The number of carbonyl (C=O) groups excluding carboxylic acids is 1. The first kappa shape index (κ1) is 24.5. The summed E-state index contributed by atoms with van der Waals surface area (Å²) in [5.74, 6) is 0.245. The van der Waals surface area contributed by atoms with Crippen LogP contribution >= 0.6 is 0 Å². The largest absolute Gasteiger partial charge is 0.431 e. The minimum absolute atomic E-state index is 0.0767. The summed E-state index contributed by atoms with van der Waals surface area (Å²) < 4.78 is 41.0. The van der Waals surface area contributed by atoms with Crippen LogP contribution in [0.4, 0.5) is 13.2 Å². The van der Waals surface area contributed by atoms with Gasteiger partial charge >= 0.3 is 6.18 Å². The molecule has 1 saturated carbocycles. The molecule has 0 spiro atoms. The molecule has 7 heteroatoms. The van der Waals surface area contributed by atoms with E-state index in [1.807, 2.05) is 56.3 Å².